The smallest absolute Gasteiger partial charge is 0.0736 e. The van der Waals surface area contributed by atoms with Crippen LogP contribution in [0.2, 0.25) is 0 Å². The highest BCUT2D eigenvalue weighted by molar-refractivity contribution is 5.74. The summed E-state index contributed by atoms with van der Waals surface area (Å²) >= 11 is 0. The van der Waals surface area contributed by atoms with E-state index in [9.17, 15) is 0 Å². The third-order valence-corrected chi connectivity index (χ3v) is 3.92. The molecule has 0 fully saturated rings. The molecule has 2 aliphatic rings. The van der Waals surface area contributed by atoms with E-state index in [0.29, 0.717) is 0 Å². The topological polar surface area (TPSA) is 24.9 Å². The molecule has 1 aliphatic carbocycles. The van der Waals surface area contributed by atoms with Crippen molar-refractivity contribution >= 4 is 6.08 Å². The lowest BCUT2D eigenvalue weighted by molar-refractivity contribution is 0.821. The monoisotopic (exact) mass is 234 g/mol. The summed E-state index contributed by atoms with van der Waals surface area (Å²) in [4.78, 5) is 4.57. The molecule has 1 aromatic heterocycles. The van der Waals surface area contributed by atoms with Gasteiger partial charge in [0, 0.05) is 18.3 Å². The van der Waals surface area contributed by atoms with E-state index < -0.39 is 0 Å². The number of aromatic nitrogens is 1. The van der Waals surface area contributed by atoms with Crippen molar-refractivity contribution in [2.24, 2.45) is 0 Å². The molecule has 2 heteroatoms. The van der Waals surface area contributed by atoms with Crippen molar-refractivity contribution in [1.29, 1.82) is 0 Å². The molecule has 2 heterocycles. The summed E-state index contributed by atoms with van der Waals surface area (Å²) in [6, 6.07) is 8.68. The molecule has 18 heavy (non-hydrogen) atoms. The van der Waals surface area contributed by atoms with Crippen LogP contribution in [-0.2, 0) is 19.4 Å². The second kappa shape index (κ2) is 3.70. The van der Waals surface area contributed by atoms with Crippen molar-refractivity contribution in [3.05, 3.63) is 58.9 Å². The van der Waals surface area contributed by atoms with Gasteiger partial charge in [0.25, 0.3) is 0 Å². The zero-order valence-electron chi connectivity index (χ0n) is 10.1. The predicted octanol–water partition coefficient (Wildman–Crippen LogP) is 2.92. The number of pyridine rings is 1. The van der Waals surface area contributed by atoms with E-state index in [0.717, 1.165) is 19.4 Å². The SMILES string of the molecule is C1=Cc2ccc3c(c2CN1)CCc1cccnc1-3. The van der Waals surface area contributed by atoms with Gasteiger partial charge in [-0.1, -0.05) is 18.2 Å². The normalized spacial score (nSPS) is 15.3. The van der Waals surface area contributed by atoms with Gasteiger partial charge >= 0.3 is 0 Å². The first-order valence-electron chi connectivity index (χ1n) is 6.42. The van der Waals surface area contributed by atoms with E-state index in [1.807, 2.05) is 18.5 Å². The molecular weight excluding hydrogens is 220 g/mol. The maximum atomic E-state index is 4.57. The fraction of sp³-hybridized carbons (Fsp3) is 0.188. The Bertz CT molecular complexity index is 656. The van der Waals surface area contributed by atoms with Gasteiger partial charge in [-0.2, -0.15) is 0 Å². The Morgan fingerprint density at radius 2 is 2.06 bits per heavy atom. The van der Waals surface area contributed by atoms with Crippen molar-refractivity contribution in [2.45, 2.75) is 19.4 Å². The number of hydrogen-bond donors (Lipinski definition) is 1. The van der Waals surface area contributed by atoms with E-state index in [2.05, 4.69) is 34.6 Å². The first-order valence-corrected chi connectivity index (χ1v) is 6.42. The van der Waals surface area contributed by atoms with Gasteiger partial charge in [-0.25, -0.2) is 0 Å². The zero-order valence-corrected chi connectivity index (χ0v) is 10.1. The largest absolute Gasteiger partial charge is 0.387 e. The molecule has 0 spiro atoms. The summed E-state index contributed by atoms with van der Waals surface area (Å²) in [6.07, 6.45) is 8.32. The molecule has 0 saturated heterocycles. The molecule has 0 amide bonds. The molecule has 1 aromatic carbocycles. The van der Waals surface area contributed by atoms with Gasteiger partial charge in [0.15, 0.2) is 0 Å². The van der Waals surface area contributed by atoms with Gasteiger partial charge in [0.1, 0.15) is 0 Å². The number of benzene rings is 1. The quantitative estimate of drug-likeness (QED) is 0.758. The summed E-state index contributed by atoms with van der Waals surface area (Å²) in [6.45, 7) is 0.942. The first-order chi connectivity index (χ1) is 8.93. The maximum absolute atomic E-state index is 4.57. The van der Waals surface area contributed by atoms with E-state index in [1.54, 1.807) is 0 Å². The molecule has 2 aromatic rings. The van der Waals surface area contributed by atoms with Crippen LogP contribution in [0.5, 0.6) is 0 Å². The van der Waals surface area contributed by atoms with E-state index >= 15 is 0 Å². The third kappa shape index (κ3) is 1.32. The van der Waals surface area contributed by atoms with Crippen molar-refractivity contribution in [2.75, 3.05) is 0 Å². The van der Waals surface area contributed by atoms with Crippen LogP contribution in [0.4, 0.5) is 0 Å². The standard InChI is InChI=1S/C16H14N2/c1-2-12-4-5-13-14(16(12)18-8-1)6-3-11-7-9-17-10-15(11)13/h1-3,6-9,17H,4-5,10H2. The molecule has 0 bridgehead atoms. The van der Waals surface area contributed by atoms with Crippen LogP contribution in [0.3, 0.4) is 0 Å². The van der Waals surface area contributed by atoms with Gasteiger partial charge in [0.05, 0.1) is 5.69 Å². The second-order valence-electron chi connectivity index (χ2n) is 4.88. The van der Waals surface area contributed by atoms with Gasteiger partial charge in [0.2, 0.25) is 0 Å². The summed E-state index contributed by atoms with van der Waals surface area (Å²) in [5, 5.41) is 3.31. The van der Waals surface area contributed by atoms with Gasteiger partial charge in [-0.15, -0.1) is 0 Å². The molecular formula is C16H14N2. The minimum atomic E-state index is 0.942. The summed E-state index contributed by atoms with van der Waals surface area (Å²) < 4.78 is 0. The van der Waals surface area contributed by atoms with Gasteiger partial charge in [-0.3, -0.25) is 4.98 Å². The lowest BCUT2D eigenvalue weighted by Gasteiger charge is -2.24. The van der Waals surface area contributed by atoms with Crippen LogP contribution in [0, 0.1) is 0 Å². The van der Waals surface area contributed by atoms with Crippen molar-refractivity contribution in [3.8, 4) is 11.3 Å². The van der Waals surface area contributed by atoms with Gasteiger partial charge < -0.3 is 5.32 Å². The molecule has 0 saturated carbocycles. The van der Waals surface area contributed by atoms with E-state index in [4.69, 9.17) is 0 Å². The summed E-state index contributed by atoms with van der Waals surface area (Å²) in [5.41, 5.74) is 8.17. The van der Waals surface area contributed by atoms with Crippen molar-refractivity contribution < 1.29 is 0 Å². The second-order valence-corrected chi connectivity index (χ2v) is 4.88. The Labute approximate surface area is 106 Å². The highest BCUT2D eigenvalue weighted by atomic mass is 14.8. The lowest BCUT2D eigenvalue weighted by Crippen LogP contribution is -2.16. The van der Waals surface area contributed by atoms with Gasteiger partial charge in [-0.05, 0) is 53.4 Å². The zero-order chi connectivity index (χ0) is 11.9. The van der Waals surface area contributed by atoms with Crippen LogP contribution in [0.1, 0.15) is 22.3 Å². The number of nitrogens with one attached hydrogen (secondary N) is 1. The average Bonchev–Trinajstić information content (AvgIpc) is 2.46. The number of fused-ring (bicyclic) bond motifs is 5. The Balaban J connectivity index is 1.99. The molecule has 4 rings (SSSR count). The molecule has 2 nitrogen and oxygen atoms in total. The molecule has 0 atom stereocenters. The fourth-order valence-corrected chi connectivity index (χ4v) is 3.04. The van der Waals surface area contributed by atoms with Crippen LogP contribution in [0.15, 0.2) is 36.7 Å². The lowest BCUT2D eigenvalue weighted by atomic mass is 9.84. The van der Waals surface area contributed by atoms with Crippen LogP contribution in [0.25, 0.3) is 17.3 Å². The van der Waals surface area contributed by atoms with Crippen molar-refractivity contribution in [3.63, 3.8) is 0 Å². The first kappa shape index (κ1) is 9.89. The number of rotatable bonds is 0. The summed E-state index contributed by atoms with van der Waals surface area (Å²) in [7, 11) is 0. The maximum Gasteiger partial charge on any atom is 0.0736 e. The minimum Gasteiger partial charge on any atom is -0.387 e. The summed E-state index contributed by atoms with van der Waals surface area (Å²) in [5.74, 6) is 0. The highest BCUT2D eigenvalue weighted by Crippen LogP contribution is 2.35. The third-order valence-electron chi connectivity index (χ3n) is 3.92. The molecule has 1 aliphatic heterocycles. The van der Waals surface area contributed by atoms with Crippen LogP contribution < -0.4 is 5.32 Å². The van der Waals surface area contributed by atoms with Crippen molar-refractivity contribution in [1.82, 2.24) is 10.3 Å². The number of hydrogen-bond acceptors (Lipinski definition) is 2. The molecule has 1 N–H and O–H groups in total. The Morgan fingerprint density at radius 1 is 1.06 bits per heavy atom. The van der Waals surface area contributed by atoms with Crippen LogP contribution in [-0.4, -0.2) is 4.98 Å². The van der Waals surface area contributed by atoms with E-state index in [-0.39, 0.29) is 0 Å². The number of nitrogens with zero attached hydrogens (tertiary/aromatic N) is 1. The number of aryl methyl sites for hydroxylation is 1. The minimum absolute atomic E-state index is 0.942. The molecule has 0 unspecified atom stereocenters. The molecule has 88 valence electrons. The Hall–Kier alpha value is -2.09. The van der Waals surface area contributed by atoms with Crippen LogP contribution >= 0.6 is 0 Å². The Kier molecular flexibility index (Phi) is 2.04. The predicted molar refractivity (Wildman–Crippen MR) is 73.0 cm³/mol. The average molecular weight is 234 g/mol. The fourth-order valence-electron chi connectivity index (χ4n) is 3.04. The highest BCUT2D eigenvalue weighted by Gasteiger charge is 2.21. The van der Waals surface area contributed by atoms with E-state index in [1.165, 1.54) is 33.5 Å². The Morgan fingerprint density at radius 3 is 3.06 bits per heavy atom. The molecule has 0 radical (unpaired) electrons.